The molecule has 1 aromatic rings. The van der Waals surface area contributed by atoms with E-state index in [1.807, 2.05) is 6.07 Å². The van der Waals surface area contributed by atoms with Crippen molar-refractivity contribution in [3.63, 3.8) is 0 Å². The van der Waals surface area contributed by atoms with Gasteiger partial charge >= 0.3 is 0 Å². The van der Waals surface area contributed by atoms with Crippen LogP contribution in [0.25, 0.3) is 0 Å². The first-order valence-electron chi connectivity index (χ1n) is 6.46. The van der Waals surface area contributed by atoms with Gasteiger partial charge in [-0.15, -0.1) is 23.7 Å². The van der Waals surface area contributed by atoms with Crippen molar-refractivity contribution >= 4 is 51.5 Å². The molecule has 0 radical (unpaired) electrons. The van der Waals surface area contributed by atoms with Crippen molar-refractivity contribution in [1.29, 1.82) is 0 Å². The van der Waals surface area contributed by atoms with Crippen LogP contribution in [0.1, 0.15) is 16.1 Å². The van der Waals surface area contributed by atoms with Crippen LogP contribution in [0, 0.1) is 0 Å². The fraction of sp³-hybridized carbons (Fsp3) is 0.538. The Labute approximate surface area is 143 Å². The molecule has 118 valence electrons. The van der Waals surface area contributed by atoms with Crippen LogP contribution in [0.4, 0.5) is 0 Å². The van der Waals surface area contributed by atoms with Crippen molar-refractivity contribution < 1.29 is 9.59 Å². The Kier molecular flexibility index (Phi) is 7.12. The topological polar surface area (TPSA) is 52.7 Å². The number of nitrogens with zero attached hydrogens (tertiary/aromatic N) is 2. The van der Waals surface area contributed by atoms with E-state index >= 15 is 0 Å². The highest BCUT2D eigenvalue weighted by molar-refractivity contribution is 9.11. The largest absolute Gasteiger partial charge is 0.340 e. The summed E-state index contributed by atoms with van der Waals surface area (Å²) in [5, 5.41) is 3.23. The highest BCUT2D eigenvalue weighted by Gasteiger charge is 2.25. The van der Waals surface area contributed by atoms with E-state index in [1.165, 1.54) is 16.2 Å². The van der Waals surface area contributed by atoms with Gasteiger partial charge < -0.3 is 15.1 Å². The molecule has 1 aromatic heterocycles. The van der Waals surface area contributed by atoms with Crippen molar-refractivity contribution in [3.8, 4) is 0 Å². The minimum atomic E-state index is -0.119. The fourth-order valence-electron chi connectivity index (χ4n) is 2.18. The Hall–Kier alpha value is -0.630. The molecule has 1 atom stereocenters. The Balaban J connectivity index is 0.00000220. The number of rotatable bonds is 4. The first kappa shape index (κ1) is 18.4. The third kappa shape index (κ3) is 4.67. The zero-order chi connectivity index (χ0) is 14.7. The second-order valence-corrected chi connectivity index (χ2v) is 7.38. The van der Waals surface area contributed by atoms with Gasteiger partial charge in [0, 0.05) is 26.7 Å². The van der Waals surface area contributed by atoms with Crippen LogP contribution in [-0.4, -0.2) is 61.4 Å². The second-order valence-electron chi connectivity index (χ2n) is 4.92. The number of hydrogen-bond donors (Lipinski definition) is 1. The third-order valence-electron chi connectivity index (χ3n) is 3.48. The Morgan fingerprint density at radius 1 is 1.43 bits per heavy atom. The number of hydrogen-bond acceptors (Lipinski definition) is 4. The van der Waals surface area contributed by atoms with Crippen LogP contribution in [0.3, 0.4) is 0 Å². The maximum atomic E-state index is 12.2. The summed E-state index contributed by atoms with van der Waals surface area (Å²) in [5.41, 5.74) is 0. The summed E-state index contributed by atoms with van der Waals surface area (Å²) >= 11 is 4.71. The number of thiophene rings is 1. The number of likely N-dealkylation sites (N-methyl/N-ethyl adjacent to an activating group) is 2. The van der Waals surface area contributed by atoms with Crippen LogP contribution < -0.4 is 5.32 Å². The van der Waals surface area contributed by atoms with Gasteiger partial charge in [0.05, 0.1) is 15.2 Å². The van der Waals surface area contributed by atoms with E-state index in [4.69, 9.17) is 0 Å². The molecule has 1 aliphatic rings. The lowest BCUT2D eigenvalue weighted by Gasteiger charge is -2.26. The number of halogens is 2. The van der Waals surface area contributed by atoms with Crippen LogP contribution in [0.5, 0.6) is 0 Å². The van der Waals surface area contributed by atoms with Crippen molar-refractivity contribution in [1.82, 2.24) is 15.1 Å². The predicted octanol–water partition coefficient (Wildman–Crippen LogP) is 1.82. The lowest BCUT2D eigenvalue weighted by molar-refractivity contribution is -0.132. The van der Waals surface area contributed by atoms with E-state index in [-0.39, 0.29) is 36.8 Å². The van der Waals surface area contributed by atoms with Crippen LogP contribution in [0.15, 0.2) is 15.9 Å². The van der Waals surface area contributed by atoms with Gasteiger partial charge in [0.15, 0.2) is 0 Å². The van der Waals surface area contributed by atoms with Gasteiger partial charge in [-0.3, -0.25) is 9.59 Å². The van der Waals surface area contributed by atoms with Crippen LogP contribution >= 0.6 is 39.7 Å². The summed E-state index contributed by atoms with van der Waals surface area (Å²) in [4.78, 5) is 28.2. The molecule has 0 saturated carbocycles. The molecule has 2 rings (SSSR count). The summed E-state index contributed by atoms with van der Waals surface area (Å²) in [6.07, 6.45) is 0.970. The lowest BCUT2D eigenvalue weighted by Crippen LogP contribution is -2.44. The molecule has 5 nitrogen and oxygen atoms in total. The van der Waals surface area contributed by atoms with Gasteiger partial charge in [-0.25, -0.2) is 0 Å². The maximum absolute atomic E-state index is 12.2. The zero-order valence-corrected chi connectivity index (χ0v) is 15.2. The molecule has 0 bridgehead atoms. The number of nitrogens with one attached hydrogen (secondary N) is 1. The number of carbonyl (C=O) groups excluding carboxylic acids is 2. The highest BCUT2D eigenvalue weighted by Crippen LogP contribution is 2.23. The monoisotopic (exact) mass is 395 g/mol. The first-order valence-corrected chi connectivity index (χ1v) is 8.07. The average molecular weight is 397 g/mol. The molecule has 2 amide bonds. The summed E-state index contributed by atoms with van der Waals surface area (Å²) in [6, 6.07) is 3.84. The minimum Gasteiger partial charge on any atom is -0.340 e. The van der Waals surface area contributed by atoms with Crippen molar-refractivity contribution in [2.75, 3.05) is 33.7 Å². The molecule has 0 aromatic carbocycles. The summed E-state index contributed by atoms with van der Waals surface area (Å²) in [7, 11) is 3.47. The molecule has 1 unspecified atom stereocenters. The van der Waals surface area contributed by atoms with Gasteiger partial charge in [-0.05, 0) is 41.0 Å². The van der Waals surface area contributed by atoms with Crippen molar-refractivity contribution in [2.45, 2.75) is 12.5 Å². The van der Waals surface area contributed by atoms with Crippen LogP contribution in [-0.2, 0) is 4.79 Å². The summed E-state index contributed by atoms with van der Waals surface area (Å²) < 4.78 is 0.912. The normalized spacial score (nSPS) is 17.2. The van der Waals surface area contributed by atoms with E-state index < -0.39 is 0 Å². The Morgan fingerprint density at radius 3 is 2.67 bits per heavy atom. The third-order valence-corrected chi connectivity index (χ3v) is 5.09. The molecule has 8 heteroatoms. The van der Waals surface area contributed by atoms with Crippen LogP contribution in [0.2, 0.25) is 0 Å². The second kappa shape index (κ2) is 8.12. The molecule has 2 heterocycles. The molecule has 0 spiro atoms. The number of amides is 2. The van der Waals surface area contributed by atoms with E-state index in [9.17, 15) is 9.59 Å². The molecular formula is C13H19BrClN3O2S. The first-order chi connectivity index (χ1) is 9.49. The fourth-order valence-corrected chi connectivity index (χ4v) is 3.56. The molecule has 21 heavy (non-hydrogen) atoms. The summed E-state index contributed by atoms with van der Waals surface area (Å²) in [6.45, 7) is 1.89. The van der Waals surface area contributed by atoms with Gasteiger partial charge in [0.1, 0.15) is 0 Å². The van der Waals surface area contributed by atoms with Crippen molar-refractivity contribution in [3.05, 3.63) is 20.8 Å². The molecule has 1 fully saturated rings. The van der Waals surface area contributed by atoms with Gasteiger partial charge in [0.2, 0.25) is 5.91 Å². The molecule has 0 aliphatic carbocycles. The van der Waals surface area contributed by atoms with Crippen molar-refractivity contribution in [2.24, 2.45) is 0 Å². The Bertz CT molecular complexity index is 505. The summed E-state index contributed by atoms with van der Waals surface area (Å²) in [5.74, 6) is -0.142. The molecular weight excluding hydrogens is 378 g/mol. The van der Waals surface area contributed by atoms with E-state index in [2.05, 4.69) is 21.2 Å². The molecule has 1 saturated heterocycles. The highest BCUT2D eigenvalue weighted by atomic mass is 79.9. The quantitative estimate of drug-likeness (QED) is 0.845. The predicted molar refractivity (Wildman–Crippen MR) is 90.3 cm³/mol. The van der Waals surface area contributed by atoms with Gasteiger partial charge in [-0.2, -0.15) is 0 Å². The van der Waals surface area contributed by atoms with Gasteiger partial charge in [-0.1, -0.05) is 0 Å². The lowest BCUT2D eigenvalue weighted by atomic mass is 10.2. The smallest absolute Gasteiger partial charge is 0.264 e. The minimum absolute atomic E-state index is 0. The van der Waals surface area contributed by atoms with E-state index in [1.54, 1.807) is 25.1 Å². The zero-order valence-electron chi connectivity index (χ0n) is 12.0. The molecule has 1 N–H and O–H groups in total. The average Bonchev–Trinajstić information content (AvgIpc) is 3.07. The SMILES string of the molecule is CN(CC(=O)N(C)C1CCNC1)C(=O)c1ccc(Br)s1.Cl. The molecule has 1 aliphatic heterocycles. The standard InChI is InChI=1S/C13H18BrN3O2S.ClH/c1-16(13(19)10-3-4-11(14)20-10)8-12(18)17(2)9-5-6-15-7-9;/h3-4,9,15H,5-8H2,1-2H3;1H. The Morgan fingerprint density at radius 2 is 2.14 bits per heavy atom. The maximum Gasteiger partial charge on any atom is 0.264 e. The van der Waals surface area contributed by atoms with Gasteiger partial charge in [0.25, 0.3) is 5.91 Å². The van der Waals surface area contributed by atoms with E-state index in [0.717, 1.165) is 23.3 Å². The van der Waals surface area contributed by atoms with E-state index in [0.29, 0.717) is 4.88 Å². The number of carbonyl (C=O) groups is 2.